The molecule has 0 radical (unpaired) electrons. The number of hydrogen-bond acceptors (Lipinski definition) is 3. The number of nitrogens with two attached hydrogens (primary N) is 1. The van der Waals surface area contributed by atoms with Crippen molar-refractivity contribution in [1.29, 1.82) is 0 Å². The van der Waals surface area contributed by atoms with Crippen molar-refractivity contribution in [3.63, 3.8) is 0 Å². The summed E-state index contributed by atoms with van der Waals surface area (Å²) in [4.78, 5) is 2.66. The highest BCUT2D eigenvalue weighted by molar-refractivity contribution is 7.07. The molecule has 0 bridgehead atoms. The van der Waals surface area contributed by atoms with E-state index in [0.29, 0.717) is 5.92 Å². The molecule has 1 aliphatic carbocycles. The van der Waals surface area contributed by atoms with Gasteiger partial charge in [0.05, 0.1) is 0 Å². The summed E-state index contributed by atoms with van der Waals surface area (Å²) in [6.07, 6.45) is 5.36. The highest BCUT2D eigenvalue weighted by atomic mass is 32.1. The van der Waals surface area contributed by atoms with Gasteiger partial charge in [-0.25, -0.2) is 0 Å². The summed E-state index contributed by atoms with van der Waals surface area (Å²) in [6.45, 7) is 5.46. The Hall–Kier alpha value is -0.380. The molecule has 1 fully saturated rings. The Bertz CT molecular complexity index is 306. The minimum atomic E-state index is 0.678. The summed E-state index contributed by atoms with van der Waals surface area (Å²) >= 11 is 1.80. The van der Waals surface area contributed by atoms with E-state index in [1.54, 1.807) is 11.3 Å². The maximum Gasteiger partial charge on any atom is 0.0244 e. The third-order valence-corrected chi connectivity index (χ3v) is 4.31. The molecule has 1 saturated carbocycles. The fourth-order valence-electron chi connectivity index (χ4n) is 2.21. The molecule has 0 saturated heterocycles. The second kappa shape index (κ2) is 6.53. The lowest BCUT2D eigenvalue weighted by Gasteiger charge is -2.22. The molecule has 0 aromatic carbocycles. The Kier molecular flexibility index (Phi) is 5.01. The Labute approximate surface area is 109 Å². The van der Waals surface area contributed by atoms with Gasteiger partial charge in [-0.1, -0.05) is 6.92 Å². The van der Waals surface area contributed by atoms with E-state index in [0.717, 1.165) is 19.1 Å². The van der Waals surface area contributed by atoms with Gasteiger partial charge in [0.2, 0.25) is 0 Å². The Morgan fingerprint density at radius 1 is 1.53 bits per heavy atom. The molecule has 17 heavy (non-hydrogen) atoms. The van der Waals surface area contributed by atoms with E-state index in [9.17, 15) is 0 Å². The van der Waals surface area contributed by atoms with Crippen LogP contribution in [-0.4, -0.2) is 24.0 Å². The summed E-state index contributed by atoms with van der Waals surface area (Å²) in [5.74, 6) is 0.678. The first-order chi connectivity index (χ1) is 8.29. The van der Waals surface area contributed by atoms with Crippen molar-refractivity contribution < 1.29 is 0 Å². The van der Waals surface area contributed by atoms with Crippen molar-refractivity contribution in [1.82, 2.24) is 4.90 Å². The van der Waals surface area contributed by atoms with Crippen molar-refractivity contribution in [3.05, 3.63) is 22.4 Å². The van der Waals surface area contributed by atoms with E-state index >= 15 is 0 Å². The van der Waals surface area contributed by atoms with Crippen LogP contribution in [0.3, 0.4) is 0 Å². The predicted molar refractivity (Wildman–Crippen MR) is 75.2 cm³/mol. The first-order valence-electron chi connectivity index (χ1n) is 6.74. The maximum atomic E-state index is 5.66. The van der Waals surface area contributed by atoms with Gasteiger partial charge in [-0.05, 0) is 67.1 Å². The van der Waals surface area contributed by atoms with E-state index in [4.69, 9.17) is 5.73 Å². The van der Waals surface area contributed by atoms with Crippen molar-refractivity contribution in [3.8, 4) is 0 Å². The molecule has 0 spiro atoms. The van der Waals surface area contributed by atoms with Crippen LogP contribution in [0.2, 0.25) is 0 Å². The molecule has 2 N–H and O–H groups in total. The van der Waals surface area contributed by atoms with Crippen LogP contribution in [0.4, 0.5) is 0 Å². The molecule has 2 nitrogen and oxygen atoms in total. The van der Waals surface area contributed by atoms with Gasteiger partial charge < -0.3 is 5.73 Å². The highest BCUT2D eigenvalue weighted by Crippen LogP contribution is 2.29. The lowest BCUT2D eigenvalue weighted by molar-refractivity contribution is 0.244. The lowest BCUT2D eigenvalue weighted by Crippen LogP contribution is -2.27. The fraction of sp³-hybridized carbons (Fsp3) is 0.714. The molecule has 1 aromatic heterocycles. The summed E-state index contributed by atoms with van der Waals surface area (Å²) in [5, 5.41) is 4.45. The quantitative estimate of drug-likeness (QED) is 0.770. The van der Waals surface area contributed by atoms with Gasteiger partial charge in [-0.15, -0.1) is 0 Å². The van der Waals surface area contributed by atoms with E-state index in [1.165, 1.54) is 37.8 Å². The molecule has 0 aliphatic heterocycles. The number of hydrogen-bond donors (Lipinski definition) is 1. The number of rotatable bonds is 8. The van der Waals surface area contributed by atoms with E-state index in [1.807, 2.05) is 0 Å². The zero-order chi connectivity index (χ0) is 12.1. The molecule has 96 valence electrons. The molecule has 2 rings (SSSR count). The second-order valence-corrected chi connectivity index (χ2v) is 6.10. The van der Waals surface area contributed by atoms with Crippen LogP contribution in [0, 0.1) is 5.92 Å². The normalized spacial score (nSPS) is 17.6. The predicted octanol–water partition coefficient (Wildman–Crippen LogP) is 3.09. The summed E-state index contributed by atoms with van der Waals surface area (Å²) in [5.41, 5.74) is 7.14. The van der Waals surface area contributed by atoms with Gasteiger partial charge in [0.15, 0.2) is 0 Å². The molecule has 3 heteroatoms. The van der Waals surface area contributed by atoms with Gasteiger partial charge >= 0.3 is 0 Å². The fourth-order valence-corrected chi connectivity index (χ4v) is 2.87. The monoisotopic (exact) mass is 252 g/mol. The Morgan fingerprint density at radius 3 is 2.94 bits per heavy atom. The Morgan fingerprint density at radius 2 is 2.35 bits per heavy atom. The molecule has 1 unspecified atom stereocenters. The zero-order valence-electron chi connectivity index (χ0n) is 10.8. The van der Waals surface area contributed by atoms with Crippen molar-refractivity contribution in [2.75, 3.05) is 13.1 Å². The average Bonchev–Trinajstić information content (AvgIpc) is 3.06. The average molecular weight is 252 g/mol. The molecule has 0 amide bonds. The van der Waals surface area contributed by atoms with Gasteiger partial charge in [0.1, 0.15) is 0 Å². The molecule has 1 aromatic rings. The van der Waals surface area contributed by atoms with E-state index in [2.05, 4.69) is 28.7 Å². The van der Waals surface area contributed by atoms with E-state index < -0.39 is 0 Å². The van der Waals surface area contributed by atoms with Gasteiger partial charge in [-0.2, -0.15) is 11.3 Å². The SMILES string of the molecule is CC(CN)CCCN(Cc1ccsc1)C1CC1. The van der Waals surface area contributed by atoms with Crippen LogP contribution in [0.1, 0.15) is 38.2 Å². The maximum absolute atomic E-state index is 5.66. The first kappa shape index (κ1) is 13.1. The summed E-state index contributed by atoms with van der Waals surface area (Å²) in [7, 11) is 0. The van der Waals surface area contributed by atoms with Crippen molar-refractivity contribution >= 4 is 11.3 Å². The molecule has 1 heterocycles. The zero-order valence-corrected chi connectivity index (χ0v) is 11.6. The minimum Gasteiger partial charge on any atom is -0.330 e. The third kappa shape index (κ3) is 4.41. The smallest absolute Gasteiger partial charge is 0.0244 e. The summed E-state index contributed by atoms with van der Waals surface area (Å²) in [6, 6.07) is 3.12. The van der Waals surface area contributed by atoms with Gasteiger partial charge in [0, 0.05) is 12.6 Å². The minimum absolute atomic E-state index is 0.678. The highest BCUT2D eigenvalue weighted by Gasteiger charge is 2.28. The second-order valence-electron chi connectivity index (χ2n) is 5.32. The van der Waals surface area contributed by atoms with Crippen LogP contribution in [0.15, 0.2) is 16.8 Å². The third-order valence-electron chi connectivity index (χ3n) is 3.57. The first-order valence-corrected chi connectivity index (χ1v) is 7.69. The largest absolute Gasteiger partial charge is 0.330 e. The molecular formula is C14H24N2S. The Balaban J connectivity index is 1.73. The lowest BCUT2D eigenvalue weighted by atomic mass is 10.1. The molecule has 1 aliphatic rings. The number of thiophene rings is 1. The standard InChI is InChI=1S/C14H24N2S/c1-12(9-15)3-2-7-16(14-4-5-14)10-13-6-8-17-11-13/h6,8,11-12,14H,2-5,7,9-10,15H2,1H3. The van der Waals surface area contributed by atoms with Crippen LogP contribution in [0.25, 0.3) is 0 Å². The van der Waals surface area contributed by atoms with Crippen LogP contribution >= 0.6 is 11.3 Å². The van der Waals surface area contributed by atoms with Crippen LogP contribution in [0.5, 0.6) is 0 Å². The number of nitrogens with zero attached hydrogens (tertiary/aromatic N) is 1. The molecule has 1 atom stereocenters. The van der Waals surface area contributed by atoms with Gasteiger partial charge in [0.25, 0.3) is 0 Å². The van der Waals surface area contributed by atoms with Crippen LogP contribution < -0.4 is 5.73 Å². The van der Waals surface area contributed by atoms with Crippen molar-refractivity contribution in [2.45, 2.75) is 45.2 Å². The molecular weight excluding hydrogens is 228 g/mol. The van der Waals surface area contributed by atoms with Crippen LogP contribution in [-0.2, 0) is 6.54 Å². The van der Waals surface area contributed by atoms with E-state index in [-0.39, 0.29) is 0 Å². The van der Waals surface area contributed by atoms with Crippen molar-refractivity contribution in [2.24, 2.45) is 11.7 Å². The topological polar surface area (TPSA) is 29.3 Å². The van der Waals surface area contributed by atoms with Gasteiger partial charge in [-0.3, -0.25) is 4.90 Å². The summed E-state index contributed by atoms with van der Waals surface area (Å²) < 4.78 is 0.